The summed E-state index contributed by atoms with van der Waals surface area (Å²) in [7, 11) is 0. The largest absolute Gasteiger partial charge is 0.481 e. The number of carbonyl (C=O) groups is 1. The molecule has 7 N–H and O–H groups in total. The number of nitrogens with two attached hydrogens (primary N) is 1. The molecule has 228 valence electrons. The van der Waals surface area contributed by atoms with E-state index in [0.717, 1.165) is 71.1 Å². The van der Waals surface area contributed by atoms with Gasteiger partial charge in [0.1, 0.15) is 0 Å². The number of carboxylic acid groups (broad SMARTS) is 1. The number of aliphatic hydroxyl groups is 2. The summed E-state index contributed by atoms with van der Waals surface area (Å²) < 4.78 is 0. The molecule has 10 nitrogen and oxygen atoms in total. The van der Waals surface area contributed by atoms with E-state index in [1.807, 2.05) is 6.21 Å². The predicted octanol–water partition coefficient (Wildman–Crippen LogP) is 2.01. The highest BCUT2D eigenvalue weighted by Gasteiger charge is 2.43. The van der Waals surface area contributed by atoms with Crippen LogP contribution in [-0.4, -0.2) is 105 Å². The normalized spacial score (nSPS) is 36.0. The van der Waals surface area contributed by atoms with Gasteiger partial charge in [0.25, 0.3) is 0 Å². The summed E-state index contributed by atoms with van der Waals surface area (Å²) >= 11 is 0. The summed E-state index contributed by atoms with van der Waals surface area (Å²) in [5.41, 5.74) is 4.62. The molecule has 0 unspecified atom stereocenters. The first-order valence-electron chi connectivity index (χ1n) is 15.6. The number of hydrogen-bond donors (Lipinski definition) is 6. The summed E-state index contributed by atoms with van der Waals surface area (Å²) in [5.74, 6) is -0.400. The highest BCUT2D eigenvalue weighted by molar-refractivity contribution is 5.68. The third-order valence-corrected chi connectivity index (χ3v) is 9.88. The SMILES string of the molecule is C[C@H]1[C@H](O)C[C@H](N2CC=NC2)[C@H]2C[C@H](CCCCCCC[C@](O)(CN[C@]3(C)CCN[C@H](N)C3)CC(=O)O)C=CN21. The fourth-order valence-electron chi connectivity index (χ4n) is 7.31. The van der Waals surface area contributed by atoms with Crippen LogP contribution in [0.5, 0.6) is 0 Å². The first-order chi connectivity index (χ1) is 19.1. The molecule has 2 saturated heterocycles. The van der Waals surface area contributed by atoms with Gasteiger partial charge in [-0.1, -0.05) is 38.2 Å². The maximum Gasteiger partial charge on any atom is 0.306 e. The molecule has 0 bridgehead atoms. The zero-order valence-electron chi connectivity index (χ0n) is 24.7. The maximum absolute atomic E-state index is 11.5. The van der Waals surface area contributed by atoms with Crippen LogP contribution in [0.4, 0.5) is 0 Å². The Kier molecular flexibility index (Phi) is 11.0. The molecule has 0 aromatic rings. The molecule has 0 aromatic carbocycles. The molecule has 2 fully saturated rings. The standard InChI is InChI=1S/C30H54N6O4/c1-22-26(37)17-24(35-15-13-32-21-35)25-16-23(9-14-36(22)25)8-6-4-3-5-7-10-30(40,19-28(38)39)20-34-29(2)11-12-33-27(31)18-29/h9,13-14,22-27,33-34,37,40H,3-8,10-12,15-21,31H2,1-2H3,(H,38,39)/t22-,23+,24-,25+,26+,27-,29+,30+/m0/s1. The van der Waals surface area contributed by atoms with Crippen LogP contribution in [0, 0.1) is 5.92 Å². The Morgan fingerprint density at radius 1 is 1.23 bits per heavy atom. The van der Waals surface area contributed by atoms with Crippen molar-refractivity contribution in [1.82, 2.24) is 20.4 Å². The van der Waals surface area contributed by atoms with E-state index in [-0.39, 0.29) is 36.8 Å². The molecule has 4 heterocycles. The van der Waals surface area contributed by atoms with Crippen molar-refractivity contribution in [1.29, 1.82) is 0 Å². The summed E-state index contributed by atoms with van der Waals surface area (Å²) in [6, 6.07) is 0.921. The Balaban J connectivity index is 1.16. The zero-order chi connectivity index (χ0) is 28.8. The predicted molar refractivity (Wildman–Crippen MR) is 158 cm³/mol. The molecule has 4 aliphatic heterocycles. The summed E-state index contributed by atoms with van der Waals surface area (Å²) in [4.78, 5) is 20.7. The molecule has 0 aromatic heterocycles. The third kappa shape index (κ3) is 8.49. The number of β-amino-alcohol motifs (C(OH)–C–C–N with tert-alkyl or cyclic N) is 1. The Morgan fingerprint density at radius 3 is 2.73 bits per heavy atom. The molecule has 4 aliphatic rings. The molecule has 4 rings (SSSR count). The highest BCUT2D eigenvalue weighted by atomic mass is 16.4. The van der Waals surface area contributed by atoms with Crippen LogP contribution in [0.25, 0.3) is 0 Å². The number of piperidine rings is 2. The van der Waals surface area contributed by atoms with Crippen LogP contribution in [0.15, 0.2) is 17.3 Å². The molecule has 0 amide bonds. The number of allylic oxidation sites excluding steroid dienone is 1. The zero-order valence-corrected chi connectivity index (χ0v) is 24.7. The van der Waals surface area contributed by atoms with Crippen molar-refractivity contribution >= 4 is 12.2 Å². The van der Waals surface area contributed by atoms with Gasteiger partial charge in [-0.2, -0.15) is 0 Å². The first-order valence-corrected chi connectivity index (χ1v) is 15.6. The average Bonchev–Trinajstić information content (AvgIpc) is 3.43. The van der Waals surface area contributed by atoms with E-state index >= 15 is 0 Å². The van der Waals surface area contributed by atoms with E-state index in [9.17, 15) is 20.1 Å². The van der Waals surface area contributed by atoms with Crippen LogP contribution in [-0.2, 0) is 4.79 Å². The van der Waals surface area contributed by atoms with E-state index in [0.29, 0.717) is 24.4 Å². The van der Waals surface area contributed by atoms with Crippen LogP contribution >= 0.6 is 0 Å². The lowest BCUT2D eigenvalue weighted by atomic mass is 9.80. The van der Waals surface area contributed by atoms with E-state index < -0.39 is 11.6 Å². The van der Waals surface area contributed by atoms with Crippen LogP contribution < -0.4 is 16.4 Å². The number of nitrogens with one attached hydrogen (secondary N) is 2. The van der Waals surface area contributed by atoms with Crippen molar-refractivity contribution in [2.24, 2.45) is 16.6 Å². The second kappa shape index (κ2) is 14.1. The van der Waals surface area contributed by atoms with Crippen molar-refractivity contribution in [2.45, 2.75) is 132 Å². The van der Waals surface area contributed by atoms with E-state index in [1.54, 1.807) is 0 Å². The van der Waals surface area contributed by atoms with Gasteiger partial charge >= 0.3 is 5.97 Å². The molecule has 0 saturated carbocycles. The van der Waals surface area contributed by atoms with Crippen LogP contribution in [0.3, 0.4) is 0 Å². The molecular formula is C30H54N6O4. The lowest BCUT2D eigenvalue weighted by Crippen LogP contribution is -2.62. The fraction of sp³-hybridized carbons (Fsp3) is 0.867. The number of unbranched alkanes of at least 4 members (excludes halogenated alkanes) is 4. The van der Waals surface area contributed by atoms with Gasteiger partial charge in [0.05, 0.1) is 37.0 Å². The number of carboxylic acids is 1. The van der Waals surface area contributed by atoms with E-state index in [2.05, 4.69) is 51.5 Å². The van der Waals surface area contributed by atoms with Gasteiger partial charge in [0.2, 0.25) is 0 Å². The second-order valence-corrected chi connectivity index (χ2v) is 13.3. The second-order valence-electron chi connectivity index (χ2n) is 13.3. The van der Waals surface area contributed by atoms with Gasteiger partial charge in [-0.05, 0) is 71.0 Å². The van der Waals surface area contributed by atoms with Crippen molar-refractivity contribution in [3.8, 4) is 0 Å². The molecular weight excluding hydrogens is 508 g/mol. The topological polar surface area (TPSA) is 147 Å². The Hall–Kier alpha value is -1.56. The number of aliphatic imine (C=N–C) groups is 1. The minimum absolute atomic E-state index is 0.0814. The number of hydrogen-bond acceptors (Lipinski definition) is 9. The van der Waals surface area contributed by atoms with Gasteiger partial charge in [-0.15, -0.1) is 0 Å². The van der Waals surface area contributed by atoms with Crippen molar-refractivity contribution < 1.29 is 20.1 Å². The maximum atomic E-state index is 11.5. The Morgan fingerprint density at radius 2 is 2.00 bits per heavy atom. The van der Waals surface area contributed by atoms with Crippen molar-refractivity contribution in [3.63, 3.8) is 0 Å². The molecule has 0 radical (unpaired) electrons. The van der Waals surface area contributed by atoms with Gasteiger partial charge in [-0.25, -0.2) is 0 Å². The van der Waals surface area contributed by atoms with Crippen LogP contribution in [0.2, 0.25) is 0 Å². The smallest absolute Gasteiger partial charge is 0.306 e. The fourth-order valence-corrected chi connectivity index (χ4v) is 7.31. The Bertz CT molecular complexity index is 880. The lowest BCUT2D eigenvalue weighted by Gasteiger charge is -2.52. The summed E-state index contributed by atoms with van der Waals surface area (Å²) in [6.07, 6.45) is 16.4. The lowest BCUT2D eigenvalue weighted by molar-refractivity contribution is -0.143. The van der Waals surface area contributed by atoms with E-state index in [4.69, 9.17) is 5.73 Å². The molecule has 10 heteroatoms. The first kappa shape index (κ1) is 31.4. The van der Waals surface area contributed by atoms with Crippen molar-refractivity contribution in [3.05, 3.63) is 12.3 Å². The van der Waals surface area contributed by atoms with Crippen molar-refractivity contribution in [2.75, 3.05) is 26.3 Å². The number of aliphatic hydroxyl groups excluding tert-OH is 1. The third-order valence-electron chi connectivity index (χ3n) is 9.88. The number of aliphatic carboxylic acids is 1. The number of fused-ring (bicyclic) bond motifs is 1. The van der Waals surface area contributed by atoms with Gasteiger partial charge in [0, 0.05) is 36.9 Å². The average molecular weight is 563 g/mol. The van der Waals surface area contributed by atoms with Gasteiger partial charge < -0.3 is 36.6 Å². The van der Waals surface area contributed by atoms with Gasteiger partial charge in [-0.3, -0.25) is 14.7 Å². The monoisotopic (exact) mass is 562 g/mol. The summed E-state index contributed by atoms with van der Waals surface area (Å²) in [6.45, 7) is 6.95. The Labute approximate surface area is 240 Å². The number of rotatable bonds is 14. The molecule has 0 spiro atoms. The van der Waals surface area contributed by atoms with E-state index in [1.165, 1.54) is 12.8 Å². The van der Waals surface area contributed by atoms with Gasteiger partial charge in [0.15, 0.2) is 0 Å². The summed E-state index contributed by atoms with van der Waals surface area (Å²) in [5, 5.41) is 37.9. The molecule has 8 atom stereocenters. The molecule has 40 heavy (non-hydrogen) atoms. The highest BCUT2D eigenvalue weighted by Crippen LogP contribution is 2.36. The quantitative estimate of drug-likeness (QED) is 0.175. The number of nitrogens with zero attached hydrogens (tertiary/aromatic N) is 3. The minimum atomic E-state index is -1.25. The minimum Gasteiger partial charge on any atom is -0.481 e. The van der Waals surface area contributed by atoms with Crippen LogP contribution in [0.1, 0.15) is 90.9 Å². The molecule has 0 aliphatic carbocycles.